The Labute approximate surface area is 101 Å². The molecule has 88 valence electrons. The third-order valence-corrected chi connectivity index (χ3v) is 2.48. The van der Waals surface area contributed by atoms with Crippen molar-refractivity contribution in [1.29, 1.82) is 0 Å². The highest BCUT2D eigenvalue weighted by Gasteiger charge is 2.04. The number of hydrogen-bond acceptors (Lipinski definition) is 3. The zero-order valence-electron chi connectivity index (χ0n) is 9.53. The predicted octanol–water partition coefficient (Wildman–Crippen LogP) is 2.11. The number of nitrogens with zero attached hydrogens (tertiary/aromatic N) is 2. The standard InChI is InChI=1S/C11H16ClN3O/c1-3-15(4-2)10-6-5-9(8-13-10)14-11(16)7-12/h5-6,8H,3-4,7H2,1-2H3,(H,14,16). The summed E-state index contributed by atoms with van der Waals surface area (Å²) in [6, 6.07) is 3.71. The lowest BCUT2D eigenvalue weighted by molar-refractivity contribution is -0.113. The molecule has 1 rings (SSSR count). The third-order valence-electron chi connectivity index (χ3n) is 2.24. The lowest BCUT2D eigenvalue weighted by Gasteiger charge is -2.19. The number of alkyl halides is 1. The molecule has 0 spiro atoms. The molecule has 0 fully saturated rings. The van der Waals surface area contributed by atoms with Crippen LogP contribution >= 0.6 is 11.6 Å². The second-order valence-corrected chi connectivity index (χ2v) is 3.53. The Morgan fingerprint density at radius 3 is 2.56 bits per heavy atom. The van der Waals surface area contributed by atoms with Gasteiger partial charge in [-0.15, -0.1) is 11.6 Å². The molecule has 1 amide bonds. The molecule has 0 aliphatic carbocycles. The molecule has 0 aliphatic heterocycles. The van der Waals surface area contributed by atoms with Gasteiger partial charge in [-0.1, -0.05) is 0 Å². The van der Waals surface area contributed by atoms with Gasteiger partial charge in [0, 0.05) is 13.1 Å². The smallest absolute Gasteiger partial charge is 0.239 e. The molecule has 0 aromatic carbocycles. The summed E-state index contributed by atoms with van der Waals surface area (Å²) < 4.78 is 0. The van der Waals surface area contributed by atoms with E-state index in [2.05, 4.69) is 29.0 Å². The molecule has 4 nitrogen and oxygen atoms in total. The van der Waals surface area contributed by atoms with Gasteiger partial charge in [0.05, 0.1) is 11.9 Å². The summed E-state index contributed by atoms with van der Waals surface area (Å²) in [6.07, 6.45) is 1.64. The lowest BCUT2D eigenvalue weighted by Crippen LogP contribution is -2.23. The van der Waals surface area contributed by atoms with Crippen LogP contribution in [-0.4, -0.2) is 29.9 Å². The van der Waals surface area contributed by atoms with Crippen LogP contribution in [0.4, 0.5) is 11.5 Å². The van der Waals surface area contributed by atoms with E-state index in [1.165, 1.54) is 0 Å². The number of carbonyl (C=O) groups is 1. The van der Waals surface area contributed by atoms with E-state index in [0.29, 0.717) is 5.69 Å². The number of halogens is 1. The molecule has 0 unspecified atom stereocenters. The van der Waals surface area contributed by atoms with E-state index >= 15 is 0 Å². The van der Waals surface area contributed by atoms with Crippen molar-refractivity contribution < 1.29 is 4.79 Å². The van der Waals surface area contributed by atoms with Gasteiger partial charge in [0.25, 0.3) is 0 Å². The summed E-state index contributed by atoms with van der Waals surface area (Å²) in [5, 5.41) is 2.64. The average molecular weight is 242 g/mol. The van der Waals surface area contributed by atoms with E-state index in [1.54, 1.807) is 6.20 Å². The number of aromatic nitrogens is 1. The monoisotopic (exact) mass is 241 g/mol. The molecule has 1 aromatic rings. The Hall–Kier alpha value is -1.29. The number of pyridine rings is 1. The van der Waals surface area contributed by atoms with Gasteiger partial charge in [-0.25, -0.2) is 4.98 Å². The van der Waals surface area contributed by atoms with E-state index < -0.39 is 0 Å². The second kappa shape index (κ2) is 6.33. The SMILES string of the molecule is CCN(CC)c1ccc(NC(=O)CCl)cn1. The first-order valence-electron chi connectivity index (χ1n) is 5.28. The number of hydrogen-bond donors (Lipinski definition) is 1. The Morgan fingerprint density at radius 2 is 2.12 bits per heavy atom. The normalized spacial score (nSPS) is 9.94. The molecule has 0 atom stereocenters. The summed E-state index contributed by atoms with van der Waals surface area (Å²) in [6.45, 7) is 5.98. The van der Waals surface area contributed by atoms with E-state index in [1.807, 2.05) is 12.1 Å². The quantitative estimate of drug-likeness (QED) is 0.803. The highest BCUT2D eigenvalue weighted by Crippen LogP contribution is 2.13. The van der Waals surface area contributed by atoms with Crippen molar-refractivity contribution in [2.75, 3.05) is 29.2 Å². The minimum absolute atomic E-state index is 0.0439. The highest BCUT2D eigenvalue weighted by atomic mass is 35.5. The largest absolute Gasteiger partial charge is 0.357 e. The van der Waals surface area contributed by atoms with Crippen LogP contribution < -0.4 is 10.2 Å². The van der Waals surface area contributed by atoms with Crippen LogP contribution in [0, 0.1) is 0 Å². The van der Waals surface area contributed by atoms with Gasteiger partial charge in [-0.2, -0.15) is 0 Å². The molecule has 0 saturated carbocycles. The number of anilines is 2. The fraction of sp³-hybridized carbons (Fsp3) is 0.455. The van der Waals surface area contributed by atoms with Crippen LogP contribution in [0.25, 0.3) is 0 Å². The van der Waals surface area contributed by atoms with Crippen LogP contribution in [-0.2, 0) is 4.79 Å². The fourth-order valence-corrected chi connectivity index (χ4v) is 1.46. The maximum absolute atomic E-state index is 11.0. The molecule has 1 N–H and O–H groups in total. The fourth-order valence-electron chi connectivity index (χ4n) is 1.39. The maximum Gasteiger partial charge on any atom is 0.239 e. The zero-order valence-corrected chi connectivity index (χ0v) is 10.3. The topological polar surface area (TPSA) is 45.2 Å². The number of carbonyl (C=O) groups excluding carboxylic acids is 1. The van der Waals surface area contributed by atoms with Crippen molar-refractivity contribution in [3.8, 4) is 0 Å². The molecule has 0 radical (unpaired) electrons. The molecule has 5 heteroatoms. The molecular weight excluding hydrogens is 226 g/mol. The summed E-state index contributed by atoms with van der Waals surface area (Å²) >= 11 is 5.39. The van der Waals surface area contributed by atoms with Crippen LogP contribution in [0.5, 0.6) is 0 Å². The van der Waals surface area contributed by atoms with E-state index in [4.69, 9.17) is 11.6 Å². The van der Waals surface area contributed by atoms with Crippen LogP contribution in [0.2, 0.25) is 0 Å². The minimum atomic E-state index is -0.223. The zero-order chi connectivity index (χ0) is 12.0. The van der Waals surface area contributed by atoms with Gasteiger partial charge in [0.2, 0.25) is 5.91 Å². The molecule has 0 saturated heterocycles. The molecule has 0 aliphatic rings. The Morgan fingerprint density at radius 1 is 1.44 bits per heavy atom. The Balaban J connectivity index is 2.70. The summed E-state index contributed by atoms with van der Waals surface area (Å²) in [5.41, 5.74) is 0.668. The Kier molecular flexibility index (Phi) is 5.05. The van der Waals surface area contributed by atoms with Gasteiger partial charge in [-0.3, -0.25) is 4.79 Å². The van der Waals surface area contributed by atoms with Crippen molar-refractivity contribution in [2.45, 2.75) is 13.8 Å². The minimum Gasteiger partial charge on any atom is -0.357 e. The van der Waals surface area contributed by atoms with Crippen molar-refractivity contribution in [2.24, 2.45) is 0 Å². The van der Waals surface area contributed by atoms with E-state index in [0.717, 1.165) is 18.9 Å². The summed E-state index contributed by atoms with van der Waals surface area (Å²) in [7, 11) is 0. The van der Waals surface area contributed by atoms with Gasteiger partial charge in [0.1, 0.15) is 11.7 Å². The summed E-state index contributed by atoms with van der Waals surface area (Å²) in [5.74, 6) is 0.644. The second-order valence-electron chi connectivity index (χ2n) is 3.26. The van der Waals surface area contributed by atoms with Crippen LogP contribution in [0.1, 0.15) is 13.8 Å². The third kappa shape index (κ3) is 3.38. The molecular formula is C11H16ClN3O. The molecule has 1 heterocycles. The number of rotatable bonds is 5. The maximum atomic E-state index is 11.0. The Bertz CT molecular complexity index is 336. The first kappa shape index (κ1) is 12.8. The van der Waals surface area contributed by atoms with Gasteiger partial charge < -0.3 is 10.2 Å². The highest BCUT2D eigenvalue weighted by molar-refractivity contribution is 6.29. The van der Waals surface area contributed by atoms with Gasteiger partial charge in [-0.05, 0) is 26.0 Å². The molecule has 0 bridgehead atoms. The van der Waals surface area contributed by atoms with E-state index in [9.17, 15) is 4.79 Å². The molecule has 16 heavy (non-hydrogen) atoms. The van der Waals surface area contributed by atoms with Gasteiger partial charge in [0.15, 0.2) is 0 Å². The van der Waals surface area contributed by atoms with Crippen molar-refractivity contribution in [3.63, 3.8) is 0 Å². The number of nitrogens with one attached hydrogen (secondary N) is 1. The predicted molar refractivity (Wildman–Crippen MR) is 67.1 cm³/mol. The number of amides is 1. The van der Waals surface area contributed by atoms with Crippen molar-refractivity contribution in [1.82, 2.24) is 4.98 Å². The molecule has 1 aromatic heterocycles. The van der Waals surface area contributed by atoms with Crippen LogP contribution in [0.3, 0.4) is 0 Å². The van der Waals surface area contributed by atoms with Gasteiger partial charge >= 0.3 is 0 Å². The first-order chi connectivity index (χ1) is 7.71. The van der Waals surface area contributed by atoms with Crippen LogP contribution in [0.15, 0.2) is 18.3 Å². The lowest BCUT2D eigenvalue weighted by atomic mass is 10.3. The van der Waals surface area contributed by atoms with E-state index in [-0.39, 0.29) is 11.8 Å². The average Bonchev–Trinajstić information content (AvgIpc) is 2.32. The van der Waals surface area contributed by atoms with Crippen molar-refractivity contribution >= 4 is 29.0 Å². The van der Waals surface area contributed by atoms with Crippen molar-refractivity contribution in [3.05, 3.63) is 18.3 Å². The first-order valence-corrected chi connectivity index (χ1v) is 5.81. The summed E-state index contributed by atoms with van der Waals surface area (Å²) in [4.78, 5) is 17.4.